The number of carbonyl (C=O) groups excluding carboxylic acids is 1. The molecule has 2 N–H and O–H groups in total. The van der Waals surface area contributed by atoms with E-state index in [1.54, 1.807) is 18.2 Å². The fraction of sp³-hybridized carbons (Fsp3) is 0.154. The van der Waals surface area contributed by atoms with E-state index in [0.717, 1.165) is 16.3 Å². The van der Waals surface area contributed by atoms with Crippen molar-refractivity contribution in [3.05, 3.63) is 61.4 Å². The predicted octanol–water partition coefficient (Wildman–Crippen LogP) is 1.29. The summed E-state index contributed by atoms with van der Waals surface area (Å²) in [4.78, 5) is 37.3. The van der Waals surface area contributed by atoms with Crippen LogP contribution >= 0.6 is 11.6 Å². The van der Waals surface area contributed by atoms with Crippen molar-refractivity contribution in [2.45, 2.75) is 6.92 Å². The van der Waals surface area contributed by atoms with E-state index < -0.39 is 17.2 Å². The molecule has 1 heterocycles. The van der Waals surface area contributed by atoms with Gasteiger partial charge in [-0.25, -0.2) is 4.79 Å². The Hall–Kier alpha value is -2.34. The van der Waals surface area contributed by atoms with Gasteiger partial charge < -0.3 is 10.3 Å². The minimum atomic E-state index is -0.663. The molecular formula is C13H12ClN3O3. The quantitative estimate of drug-likeness (QED) is 0.875. The second kappa shape index (κ2) is 5.34. The largest absolute Gasteiger partial charge is 0.328 e. The normalized spacial score (nSPS) is 10.3. The van der Waals surface area contributed by atoms with Gasteiger partial charge in [0.25, 0.3) is 11.5 Å². The van der Waals surface area contributed by atoms with E-state index in [0.29, 0.717) is 10.7 Å². The first-order valence-corrected chi connectivity index (χ1v) is 6.14. The Labute approximate surface area is 119 Å². The van der Waals surface area contributed by atoms with Crippen molar-refractivity contribution in [1.29, 1.82) is 0 Å². The van der Waals surface area contributed by atoms with Crippen LogP contribution in [-0.2, 0) is 7.05 Å². The summed E-state index contributed by atoms with van der Waals surface area (Å²) < 4.78 is 0.830. The van der Waals surface area contributed by atoms with Crippen molar-refractivity contribution in [3.63, 3.8) is 0 Å². The number of halogens is 1. The van der Waals surface area contributed by atoms with Crippen molar-refractivity contribution >= 4 is 23.2 Å². The Bertz CT molecular complexity index is 792. The highest BCUT2D eigenvalue weighted by molar-refractivity contribution is 6.31. The van der Waals surface area contributed by atoms with Gasteiger partial charge in [0.2, 0.25) is 0 Å². The van der Waals surface area contributed by atoms with Crippen LogP contribution in [0.15, 0.2) is 34.0 Å². The number of carbonyl (C=O) groups is 1. The molecule has 7 heteroatoms. The topological polar surface area (TPSA) is 84.0 Å². The summed E-state index contributed by atoms with van der Waals surface area (Å²) >= 11 is 5.96. The Morgan fingerprint density at radius 3 is 2.70 bits per heavy atom. The minimum Gasteiger partial charge on any atom is -0.322 e. The molecule has 0 spiro atoms. The number of benzene rings is 1. The number of anilines is 1. The molecule has 104 valence electrons. The number of rotatable bonds is 2. The number of aromatic nitrogens is 2. The van der Waals surface area contributed by atoms with Crippen molar-refractivity contribution in [3.8, 4) is 0 Å². The van der Waals surface area contributed by atoms with E-state index in [1.165, 1.54) is 7.05 Å². The lowest BCUT2D eigenvalue weighted by molar-refractivity contribution is 0.102. The molecule has 2 aromatic rings. The second-order valence-electron chi connectivity index (χ2n) is 4.29. The van der Waals surface area contributed by atoms with Crippen LogP contribution in [0.25, 0.3) is 0 Å². The number of hydrogen-bond donors (Lipinski definition) is 2. The summed E-state index contributed by atoms with van der Waals surface area (Å²) in [7, 11) is 1.29. The maximum absolute atomic E-state index is 12.0. The molecule has 20 heavy (non-hydrogen) atoms. The molecule has 0 unspecified atom stereocenters. The third kappa shape index (κ3) is 2.65. The molecular weight excluding hydrogens is 282 g/mol. The van der Waals surface area contributed by atoms with Crippen LogP contribution in [0, 0.1) is 6.92 Å². The van der Waals surface area contributed by atoms with Gasteiger partial charge in [-0.05, 0) is 24.6 Å². The number of aryl methyl sites for hydroxylation is 1. The van der Waals surface area contributed by atoms with E-state index in [4.69, 9.17) is 11.6 Å². The molecule has 0 radical (unpaired) electrons. The minimum absolute atomic E-state index is 0.149. The van der Waals surface area contributed by atoms with Gasteiger partial charge in [-0.1, -0.05) is 17.7 Å². The molecule has 0 saturated carbocycles. The molecule has 2 rings (SSSR count). The molecule has 6 nitrogen and oxygen atoms in total. The third-order valence-electron chi connectivity index (χ3n) is 2.85. The van der Waals surface area contributed by atoms with Crippen LogP contribution in [0.4, 0.5) is 5.69 Å². The standard InChI is InChI=1S/C13H12ClN3O3/c1-7-3-4-8(5-10(7)14)16-11(18)9-6-15-13(20)17(2)12(9)19/h3-6H,1-2H3,(H,15,20)(H,16,18). The van der Waals surface area contributed by atoms with Gasteiger partial charge in [0.15, 0.2) is 0 Å². The van der Waals surface area contributed by atoms with Crippen molar-refractivity contribution in [1.82, 2.24) is 9.55 Å². The first kappa shape index (κ1) is 14.1. The third-order valence-corrected chi connectivity index (χ3v) is 3.26. The van der Waals surface area contributed by atoms with Crippen LogP contribution in [0.2, 0.25) is 5.02 Å². The highest BCUT2D eigenvalue weighted by atomic mass is 35.5. The fourth-order valence-electron chi connectivity index (χ4n) is 1.60. The monoisotopic (exact) mass is 293 g/mol. The van der Waals surface area contributed by atoms with Gasteiger partial charge in [0.1, 0.15) is 5.56 Å². The van der Waals surface area contributed by atoms with Gasteiger partial charge in [-0.3, -0.25) is 14.2 Å². The van der Waals surface area contributed by atoms with Crippen LogP contribution in [0.5, 0.6) is 0 Å². The van der Waals surface area contributed by atoms with Crippen molar-refractivity contribution < 1.29 is 4.79 Å². The van der Waals surface area contributed by atoms with Crippen molar-refractivity contribution in [2.75, 3.05) is 5.32 Å². The van der Waals surface area contributed by atoms with Crippen LogP contribution in [-0.4, -0.2) is 15.5 Å². The molecule has 0 bridgehead atoms. The lowest BCUT2D eigenvalue weighted by atomic mass is 10.2. The SMILES string of the molecule is Cc1ccc(NC(=O)c2c[nH]c(=O)n(C)c2=O)cc1Cl. The Morgan fingerprint density at radius 1 is 1.35 bits per heavy atom. The van der Waals surface area contributed by atoms with Gasteiger partial charge in [0.05, 0.1) is 0 Å². The molecule has 0 atom stereocenters. The van der Waals surface area contributed by atoms with Crippen LogP contribution in [0.3, 0.4) is 0 Å². The zero-order valence-electron chi connectivity index (χ0n) is 10.9. The van der Waals surface area contributed by atoms with Crippen LogP contribution in [0.1, 0.15) is 15.9 Å². The Balaban J connectivity index is 2.33. The molecule has 0 aliphatic carbocycles. The van der Waals surface area contributed by atoms with Gasteiger partial charge >= 0.3 is 5.69 Å². The summed E-state index contributed by atoms with van der Waals surface area (Å²) in [5, 5.41) is 3.07. The van der Waals surface area contributed by atoms with Crippen LogP contribution < -0.4 is 16.6 Å². The van der Waals surface area contributed by atoms with Gasteiger partial charge in [-0.2, -0.15) is 0 Å². The number of H-pyrrole nitrogens is 1. The lowest BCUT2D eigenvalue weighted by Gasteiger charge is -2.07. The van der Waals surface area contributed by atoms with Gasteiger partial charge in [0, 0.05) is 24.0 Å². The summed E-state index contributed by atoms with van der Waals surface area (Å²) in [6, 6.07) is 5.02. The van der Waals surface area contributed by atoms with E-state index in [2.05, 4.69) is 10.3 Å². The van der Waals surface area contributed by atoms with E-state index >= 15 is 0 Å². The Morgan fingerprint density at radius 2 is 2.05 bits per heavy atom. The highest BCUT2D eigenvalue weighted by Crippen LogP contribution is 2.20. The number of amides is 1. The number of hydrogen-bond acceptors (Lipinski definition) is 3. The first-order chi connectivity index (χ1) is 9.40. The molecule has 0 saturated heterocycles. The van der Waals surface area contributed by atoms with E-state index in [9.17, 15) is 14.4 Å². The summed E-state index contributed by atoms with van der Waals surface area (Å²) in [6.45, 7) is 1.84. The smallest absolute Gasteiger partial charge is 0.322 e. The number of nitrogens with one attached hydrogen (secondary N) is 2. The number of aromatic amines is 1. The van der Waals surface area contributed by atoms with Crippen molar-refractivity contribution in [2.24, 2.45) is 7.05 Å². The predicted molar refractivity (Wildman–Crippen MR) is 76.4 cm³/mol. The molecule has 1 amide bonds. The molecule has 0 fully saturated rings. The van der Waals surface area contributed by atoms with Gasteiger partial charge in [-0.15, -0.1) is 0 Å². The summed E-state index contributed by atoms with van der Waals surface area (Å²) in [6.07, 6.45) is 1.09. The molecule has 1 aromatic heterocycles. The zero-order chi connectivity index (χ0) is 14.9. The maximum Gasteiger partial charge on any atom is 0.328 e. The molecule has 1 aromatic carbocycles. The lowest BCUT2D eigenvalue weighted by Crippen LogP contribution is -2.37. The fourth-order valence-corrected chi connectivity index (χ4v) is 1.78. The summed E-state index contributed by atoms with van der Waals surface area (Å²) in [5.74, 6) is -0.609. The molecule has 0 aliphatic rings. The number of nitrogens with zero attached hydrogens (tertiary/aromatic N) is 1. The second-order valence-corrected chi connectivity index (χ2v) is 4.70. The maximum atomic E-state index is 12.0. The summed E-state index contributed by atoms with van der Waals surface area (Å²) in [5.41, 5.74) is -0.0401. The Kier molecular flexibility index (Phi) is 3.76. The average molecular weight is 294 g/mol. The van der Waals surface area contributed by atoms with E-state index in [1.807, 2.05) is 6.92 Å². The highest BCUT2D eigenvalue weighted by Gasteiger charge is 2.13. The average Bonchev–Trinajstić information content (AvgIpc) is 2.40. The van der Waals surface area contributed by atoms with E-state index in [-0.39, 0.29) is 5.56 Å². The molecule has 0 aliphatic heterocycles. The zero-order valence-corrected chi connectivity index (χ0v) is 11.6. The first-order valence-electron chi connectivity index (χ1n) is 5.76.